The zero-order chi connectivity index (χ0) is 9.68. The topological polar surface area (TPSA) is 48.9 Å². The standard InChI is InChI=1S/C9H9ClN2O/c10-2-1-3-12-6-8(7-13)4-9(12)5-11/h1-2,4,6,13H,3,7H2. The van der Waals surface area contributed by atoms with Gasteiger partial charge in [0.25, 0.3) is 0 Å². The molecule has 0 bridgehead atoms. The van der Waals surface area contributed by atoms with Gasteiger partial charge in [-0.2, -0.15) is 5.26 Å². The summed E-state index contributed by atoms with van der Waals surface area (Å²) in [5, 5.41) is 17.5. The summed E-state index contributed by atoms with van der Waals surface area (Å²) in [4.78, 5) is 0. The van der Waals surface area contributed by atoms with Crippen molar-refractivity contribution in [1.82, 2.24) is 4.57 Å². The van der Waals surface area contributed by atoms with Crippen LogP contribution >= 0.6 is 11.6 Å². The second-order valence-electron chi connectivity index (χ2n) is 2.52. The number of allylic oxidation sites excluding steroid dienone is 1. The molecule has 0 unspecified atom stereocenters. The SMILES string of the molecule is N#Cc1cc(CO)cn1CC=CCl. The highest BCUT2D eigenvalue weighted by Gasteiger charge is 2.02. The van der Waals surface area contributed by atoms with Gasteiger partial charge in [0, 0.05) is 18.3 Å². The molecule has 1 aromatic rings. The molecule has 0 radical (unpaired) electrons. The van der Waals surface area contributed by atoms with Crippen molar-refractivity contribution in [1.29, 1.82) is 5.26 Å². The highest BCUT2D eigenvalue weighted by molar-refractivity contribution is 6.25. The highest BCUT2D eigenvalue weighted by Crippen LogP contribution is 2.08. The summed E-state index contributed by atoms with van der Waals surface area (Å²) >= 11 is 5.36. The number of hydrogen-bond acceptors (Lipinski definition) is 2. The average molecular weight is 197 g/mol. The van der Waals surface area contributed by atoms with E-state index in [4.69, 9.17) is 22.0 Å². The first kappa shape index (κ1) is 9.85. The summed E-state index contributed by atoms with van der Waals surface area (Å²) < 4.78 is 1.73. The number of nitrogens with zero attached hydrogens (tertiary/aromatic N) is 2. The first-order valence-electron chi connectivity index (χ1n) is 3.77. The van der Waals surface area contributed by atoms with Gasteiger partial charge in [-0.3, -0.25) is 0 Å². The van der Waals surface area contributed by atoms with Gasteiger partial charge in [0.2, 0.25) is 0 Å². The molecule has 0 saturated carbocycles. The van der Waals surface area contributed by atoms with Crippen LogP contribution in [0.2, 0.25) is 0 Å². The number of aliphatic hydroxyl groups excluding tert-OH is 1. The maximum atomic E-state index is 8.83. The molecule has 4 heteroatoms. The van der Waals surface area contributed by atoms with Gasteiger partial charge in [0.15, 0.2) is 0 Å². The Morgan fingerprint density at radius 1 is 1.69 bits per heavy atom. The van der Waals surface area contributed by atoms with Gasteiger partial charge in [-0.05, 0) is 11.6 Å². The second-order valence-corrected chi connectivity index (χ2v) is 2.77. The van der Waals surface area contributed by atoms with Gasteiger partial charge in [0.05, 0.1) is 6.61 Å². The molecule has 1 N–H and O–H groups in total. The van der Waals surface area contributed by atoms with Crippen LogP contribution < -0.4 is 0 Å². The Labute approximate surface area is 81.5 Å². The third kappa shape index (κ3) is 2.35. The first-order chi connectivity index (χ1) is 6.31. The third-order valence-corrected chi connectivity index (χ3v) is 1.82. The van der Waals surface area contributed by atoms with Gasteiger partial charge < -0.3 is 9.67 Å². The van der Waals surface area contributed by atoms with Gasteiger partial charge in [-0.25, -0.2) is 0 Å². The van der Waals surface area contributed by atoms with E-state index in [0.29, 0.717) is 12.2 Å². The van der Waals surface area contributed by atoms with Crippen LogP contribution in [0, 0.1) is 11.3 Å². The van der Waals surface area contributed by atoms with Crippen molar-refractivity contribution in [3.8, 4) is 6.07 Å². The molecule has 0 spiro atoms. The van der Waals surface area contributed by atoms with E-state index in [1.165, 1.54) is 5.54 Å². The van der Waals surface area contributed by atoms with Crippen molar-refractivity contribution >= 4 is 11.6 Å². The monoisotopic (exact) mass is 196 g/mol. The lowest BCUT2D eigenvalue weighted by atomic mass is 10.3. The predicted octanol–water partition coefficient (Wildman–Crippen LogP) is 1.60. The highest BCUT2D eigenvalue weighted by atomic mass is 35.5. The Hall–Kier alpha value is -1.24. The molecule has 0 saturated heterocycles. The van der Waals surface area contributed by atoms with E-state index in [0.717, 1.165) is 5.56 Å². The van der Waals surface area contributed by atoms with Crippen molar-refractivity contribution in [3.05, 3.63) is 35.1 Å². The van der Waals surface area contributed by atoms with Crippen LogP contribution in [0.4, 0.5) is 0 Å². The van der Waals surface area contributed by atoms with Crippen molar-refractivity contribution in [2.45, 2.75) is 13.2 Å². The molecule has 0 aliphatic carbocycles. The first-order valence-corrected chi connectivity index (χ1v) is 4.20. The molecule has 1 rings (SSSR count). The Kier molecular flexibility index (Phi) is 3.56. The number of nitriles is 1. The average Bonchev–Trinajstić information content (AvgIpc) is 2.57. The molecule has 68 valence electrons. The van der Waals surface area contributed by atoms with E-state index in [9.17, 15) is 0 Å². The fraction of sp³-hybridized carbons (Fsp3) is 0.222. The van der Waals surface area contributed by atoms with Crippen LogP contribution in [-0.4, -0.2) is 9.67 Å². The summed E-state index contributed by atoms with van der Waals surface area (Å²) in [6.45, 7) is 0.499. The molecule has 0 aliphatic heterocycles. The number of aromatic nitrogens is 1. The summed E-state index contributed by atoms with van der Waals surface area (Å²) in [5.41, 5.74) is 2.66. The maximum absolute atomic E-state index is 8.83. The Balaban J connectivity index is 2.92. The maximum Gasteiger partial charge on any atom is 0.120 e. The smallest absolute Gasteiger partial charge is 0.120 e. The minimum Gasteiger partial charge on any atom is -0.392 e. The normalized spacial score (nSPS) is 10.5. The number of rotatable bonds is 3. The minimum absolute atomic E-state index is 0.0493. The Morgan fingerprint density at radius 3 is 3.00 bits per heavy atom. The zero-order valence-corrected chi connectivity index (χ0v) is 7.70. The van der Waals surface area contributed by atoms with Crippen LogP contribution in [0.5, 0.6) is 0 Å². The van der Waals surface area contributed by atoms with Gasteiger partial charge >= 0.3 is 0 Å². The Morgan fingerprint density at radius 2 is 2.46 bits per heavy atom. The predicted molar refractivity (Wildman–Crippen MR) is 50.1 cm³/mol. The van der Waals surface area contributed by atoms with E-state index in [1.807, 2.05) is 6.07 Å². The Bertz CT molecular complexity index is 349. The summed E-state index contributed by atoms with van der Waals surface area (Å²) in [6, 6.07) is 3.69. The number of halogens is 1. The molecule has 1 aromatic heterocycles. The molecule has 3 nitrogen and oxygen atoms in total. The van der Waals surface area contributed by atoms with Gasteiger partial charge in [0.1, 0.15) is 11.8 Å². The van der Waals surface area contributed by atoms with Crippen LogP contribution in [0.15, 0.2) is 23.9 Å². The van der Waals surface area contributed by atoms with E-state index in [2.05, 4.69) is 0 Å². The third-order valence-electron chi connectivity index (χ3n) is 1.64. The fourth-order valence-electron chi connectivity index (χ4n) is 1.05. The molecule has 0 atom stereocenters. The lowest BCUT2D eigenvalue weighted by Crippen LogP contribution is -1.95. The molecule has 13 heavy (non-hydrogen) atoms. The lowest BCUT2D eigenvalue weighted by molar-refractivity contribution is 0.282. The van der Waals surface area contributed by atoms with Crippen molar-refractivity contribution < 1.29 is 5.11 Å². The van der Waals surface area contributed by atoms with Crippen LogP contribution in [0.3, 0.4) is 0 Å². The van der Waals surface area contributed by atoms with Gasteiger partial charge in [-0.1, -0.05) is 17.7 Å². The second kappa shape index (κ2) is 4.70. The summed E-state index contributed by atoms with van der Waals surface area (Å²) in [7, 11) is 0. The molecular formula is C9H9ClN2O. The zero-order valence-electron chi connectivity index (χ0n) is 6.94. The molecular weight excluding hydrogens is 188 g/mol. The van der Waals surface area contributed by atoms with Crippen LogP contribution in [0.25, 0.3) is 0 Å². The quantitative estimate of drug-likeness (QED) is 0.799. The van der Waals surface area contributed by atoms with E-state index in [-0.39, 0.29) is 6.61 Å². The number of aliphatic hydroxyl groups is 1. The fourth-order valence-corrected chi connectivity index (χ4v) is 1.13. The minimum atomic E-state index is -0.0493. The van der Waals surface area contributed by atoms with Crippen molar-refractivity contribution in [3.63, 3.8) is 0 Å². The largest absolute Gasteiger partial charge is 0.392 e. The van der Waals surface area contributed by atoms with Gasteiger partial charge in [-0.15, -0.1) is 0 Å². The van der Waals surface area contributed by atoms with E-state index < -0.39 is 0 Å². The molecule has 0 aliphatic rings. The molecule has 0 amide bonds. The van der Waals surface area contributed by atoms with Crippen LogP contribution in [0.1, 0.15) is 11.3 Å². The van der Waals surface area contributed by atoms with E-state index in [1.54, 1.807) is 22.9 Å². The molecule has 0 aromatic carbocycles. The molecule has 0 fully saturated rings. The summed E-state index contributed by atoms with van der Waals surface area (Å²) in [6.07, 6.45) is 3.46. The molecule has 1 heterocycles. The summed E-state index contributed by atoms with van der Waals surface area (Å²) in [5.74, 6) is 0. The van der Waals surface area contributed by atoms with Crippen molar-refractivity contribution in [2.24, 2.45) is 0 Å². The lowest BCUT2D eigenvalue weighted by Gasteiger charge is -1.97. The van der Waals surface area contributed by atoms with Crippen LogP contribution in [-0.2, 0) is 13.2 Å². The number of hydrogen-bond donors (Lipinski definition) is 1. The van der Waals surface area contributed by atoms with E-state index >= 15 is 0 Å². The van der Waals surface area contributed by atoms with Crippen molar-refractivity contribution in [2.75, 3.05) is 0 Å².